The fraction of sp³-hybridized carbons (Fsp3) is 0.294. The van der Waals surface area contributed by atoms with Gasteiger partial charge in [-0.3, -0.25) is 4.79 Å². The summed E-state index contributed by atoms with van der Waals surface area (Å²) in [5, 5.41) is 2.93. The molecule has 1 aliphatic rings. The predicted octanol–water partition coefficient (Wildman–Crippen LogP) is 2.53. The predicted molar refractivity (Wildman–Crippen MR) is 81.5 cm³/mol. The zero-order chi connectivity index (χ0) is 15.2. The summed E-state index contributed by atoms with van der Waals surface area (Å²) in [4.78, 5) is 16.3. The van der Waals surface area contributed by atoms with Gasteiger partial charge in [0.2, 0.25) is 11.8 Å². The van der Waals surface area contributed by atoms with Gasteiger partial charge in [0.1, 0.15) is 5.75 Å². The van der Waals surface area contributed by atoms with Crippen molar-refractivity contribution in [2.45, 2.75) is 13.0 Å². The van der Waals surface area contributed by atoms with E-state index < -0.39 is 0 Å². The van der Waals surface area contributed by atoms with E-state index in [-0.39, 0.29) is 11.8 Å². The van der Waals surface area contributed by atoms with E-state index in [2.05, 4.69) is 10.3 Å². The molecule has 114 valence electrons. The Labute approximate surface area is 129 Å². The number of ether oxygens (including phenoxy) is 2. The monoisotopic (exact) mass is 298 g/mol. The third kappa shape index (κ3) is 3.62. The summed E-state index contributed by atoms with van der Waals surface area (Å²) in [6.45, 7) is 1.56. The fourth-order valence-electron chi connectivity index (χ4n) is 2.32. The molecule has 1 fully saturated rings. The van der Waals surface area contributed by atoms with Crippen LogP contribution < -0.4 is 10.1 Å². The molecule has 0 unspecified atom stereocenters. The molecular weight excluding hydrogens is 280 g/mol. The molecule has 22 heavy (non-hydrogen) atoms. The van der Waals surface area contributed by atoms with Gasteiger partial charge in [-0.05, 0) is 24.6 Å². The topological polar surface area (TPSA) is 60.5 Å². The maximum atomic E-state index is 12.0. The Morgan fingerprint density at radius 3 is 2.91 bits per heavy atom. The number of nitrogens with one attached hydrogen (secondary N) is 1. The first-order valence-corrected chi connectivity index (χ1v) is 7.35. The number of carbonyl (C=O) groups is 1. The molecule has 3 rings (SSSR count). The van der Waals surface area contributed by atoms with Crippen molar-refractivity contribution in [1.29, 1.82) is 0 Å². The number of carbonyl (C=O) groups excluding carboxylic acids is 1. The number of rotatable bonds is 5. The van der Waals surface area contributed by atoms with Gasteiger partial charge in [0, 0.05) is 24.9 Å². The highest BCUT2D eigenvalue weighted by Gasteiger charge is 2.23. The van der Waals surface area contributed by atoms with Crippen molar-refractivity contribution in [2.24, 2.45) is 5.92 Å². The van der Waals surface area contributed by atoms with E-state index in [4.69, 9.17) is 9.47 Å². The standard InChI is InChI=1S/C17H18N2O3/c20-16(14-8-10-21-12-14)19-11-13-5-4-9-18-17(13)22-15-6-2-1-3-7-15/h1-7,9,14H,8,10-12H2,(H,19,20)/t14-/m0/s1. The molecule has 1 aromatic carbocycles. The molecule has 1 atom stereocenters. The largest absolute Gasteiger partial charge is 0.439 e. The summed E-state index contributed by atoms with van der Waals surface area (Å²) >= 11 is 0. The van der Waals surface area contributed by atoms with Crippen LogP contribution >= 0.6 is 0 Å². The average Bonchev–Trinajstić information content (AvgIpc) is 3.09. The molecular formula is C17H18N2O3. The van der Waals surface area contributed by atoms with Gasteiger partial charge in [0.15, 0.2) is 0 Å². The smallest absolute Gasteiger partial charge is 0.225 e. The first-order chi connectivity index (χ1) is 10.8. The van der Waals surface area contributed by atoms with Crippen LogP contribution in [-0.2, 0) is 16.1 Å². The van der Waals surface area contributed by atoms with E-state index in [0.717, 1.165) is 17.7 Å². The van der Waals surface area contributed by atoms with Gasteiger partial charge < -0.3 is 14.8 Å². The molecule has 1 N–H and O–H groups in total. The highest BCUT2D eigenvalue weighted by Crippen LogP contribution is 2.22. The second-order valence-electron chi connectivity index (χ2n) is 5.16. The lowest BCUT2D eigenvalue weighted by molar-refractivity contribution is -0.125. The van der Waals surface area contributed by atoms with Gasteiger partial charge >= 0.3 is 0 Å². The molecule has 0 spiro atoms. The molecule has 0 saturated carbocycles. The lowest BCUT2D eigenvalue weighted by Gasteiger charge is -2.12. The molecule has 5 nitrogen and oxygen atoms in total. The van der Waals surface area contributed by atoms with Gasteiger partial charge in [0.25, 0.3) is 0 Å². The molecule has 0 aliphatic carbocycles. The Bertz CT molecular complexity index is 625. The molecule has 1 saturated heterocycles. The van der Waals surface area contributed by atoms with Gasteiger partial charge in [-0.15, -0.1) is 0 Å². The van der Waals surface area contributed by atoms with Crippen LogP contribution in [0.5, 0.6) is 11.6 Å². The summed E-state index contributed by atoms with van der Waals surface area (Å²) < 4.78 is 11.0. The van der Waals surface area contributed by atoms with Crippen molar-refractivity contribution in [2.75, 3.05) is 13.2 Å². The number of hydrogen-bond acceptors (Lipinski definition) is 4. The van der Waals surface area contributed by atoms with Crippen LogP contribution in [-0.4, -0.2) is 24.1 Å². The van der Waals surface area contributed by atoms with Crippen LogP contribution in [0.25, 0.3) is 0 Å². The molecule has 0 bridgehead atoms. The fourth-order valence-corrected chi connectivity index (χ4v) is 2.32. The van der Waals surface area contributed by atoms with E-state index in [1.165, 1.54) is 0 Å². The number of nitrogens with zero attached hydrogens (tertiary/aromatic N) is 1. The second kappa shape index (κ2) is 7.04. The van der Waals surface area contributed by atoms with Crippen LogP contribution in [0.3, 0.4) is 0 Å². The maximum absolute atomic E-state index is 12.0. The summed E-state index contributed by atoms with van der Waals surface area (Å²) in [5.74, 6) is 1.21. The number of amides is 1. The van der Waals surface area contributed by atoms with Crippen LogP contribution in [0, 0.1) is 5.92 Å². The van der Waals surface area contributed by atoms with Crippen LogP contribution in [0.15, 0.2) is 48.7 Å². The van der Waals surface area contributed by atoms with Gasteiger partial charge in [0.05, 0.1) is 12.5 Å². The third-order valence-corrected chi connectivity index (χ3v) is 3.56. The lowest BCUT2D eigenvalue weighted by Crippen LogP contribution is -2.30. The Morgan fingerprint density at radius 2 is 2.14 bits per heavy atom. The zero-order valence-corrected chi connectivity index (χ0v) is 12.2. The van der Waals surface area contributed by atoms with Crippen molar-refractivity contribution in [3.05, 3.63) is 54.2 Å². The normalized spacial score (nSPS) is 17.2. The van der Waals surface area contributed by atoms with Crippen molar-refractivity contribution < 1.29 is 14.3 Å². The first-order valence-electron chi connectivity index (χ1n) is 7.35. The van der Waals surface area contributed by atoms with Crippen molar-refractivity contribution in [1.82, 2.24) is 10.3 Å². The summed E-state index contributed by atoms with van der Waals surface area (Å²) in [6, 6.07) is 13.2. The Kier molecular flexibility index (Phi) is 4.65. The minimum Gasteiger partial charge on any atom is -0.439 e. The summed E-state index contributed by atoms with van der Waals surface area (Å²) in [5.41, 5.74) is 0.846. The summed E-state index contributed by atoms with van der Waals surface area (Å²) in [7, 11) is 0. The number of pyridine rings is 1. The zero-order valence-electron chi connectivity index (χ0n) is 12.2. The molecule has 0 radical (unpaired) electrons. The van der Waals surface area contributed by atoms with Crippen molar-refractivity contribution in [3.63, 3.8) is 0 Å². The lowest BCUT2D eigenvalue weighted by atomic mass is 10.1. The highest BCUT2D eigenvalue weighted by atomic mass is 16.5. The molecule has 1 aliphatic heterocycles. The second-order valence-corrected chi connectivity index (χ2v) is 5.16. The van der Waals surface area contributed by atoms with E-state index in [1.54, 1.807) is 6.20 Å². The molecule has 5 heteroatoms. The molecule has 2 aromatic rings. The molecule has 1 amide bonds. The van der Waals surface area contributed by atoms with Gasteiger partial charge in [-0.1, -0.05) is 24.3 Å². The van der Waals surface area contributed by atoms with Gasteiger partial charge in [-0.25, -0.2) is 4.98 Å². The Morgan fingerprint density at radius 1 is 1.27 bits per heavy atom. The average molecular weight is 298 g/mol. The van der Waals surface area contributed by atoms with E-state index in [0.29, 0.717) is 25.6 Å². The van der Waals surface area contributed by atoms with Crippen LogP contribution in [0.2, 0.25) is 0 Å². The van der Waals surface area contributed by atoms with E-state index in [1.807, 2.05) is 42.5 Å². The maximum Gasteiger partial charge on any atom is 0.225 e. The van der Waals surface area contributed by atoms with E-state index >= 15 is 0 Å². The Balaban J connectivity index is 1.64. The number of hydrogen-bond donors (Lipinski definition) is 1. The number of benzene rings is 1. The molecule has 1 aromatic heterocycles. The first kappa shape index (κ1) is 14.5. The van der Waals surface area contributed by atoms with Crippen LogP contribution in [0.4, 0.5) is 0 Å². The minimum absolute atomic E-state index is 0.0204. The van der Waals surface area contributed by atoms with Crippen LogP contribution in [0.1, 0.15) is 12.0 Å². The number of para-hydroxylation sites is 1. The number of aromatic nitrogens is 1. The third-order valence-electron chi connectivity index (χ3n) is 3.56. The van der Waals surface area contributed by atoms with Crippen molar-refractivity contribution in [3.8, 4) is 11.6 Å². The Hall–Kier alpha value is -2.40. The van der Waals surface area contributed by atoms with Crippen molar-refractivity contribution >= 4 is 5.91 Å². The minimum atomic E-state index is -0.0461. The van der Waals surface area contributed by atoms with Gasteiger partial charge in [-0.2, -0.15) is 0 Å². The SMILES string of the molecule is O=C(NCc1cccnc1Oc1ccccc1)[C@H]1CCOC1. The molecule has 2 heterocycles. The summed E-state index contributed by atoms with van der Waals surface area (Å²) in [6.07, 6.45) is 2.46. The van der Waals surface area contributed by atoms with E-state index in [9.17, 15) is 4.79 Å². The quantitative estimate of drug-likeness (QED) is 0.921. The highest BCUT2D eigenvalue weighted by molar-refractivity contribution is 5.79.